The Kier molecular flexibility index (Phi) is 7.21. The molecule has 32 heavy (non-hydrogen) atoms. The summed E-state index contributed by atoms with van der Waals surface area (Å²) in [4.78, 5) is 13.9. The molecule has 0 aromatic heterocycles. The Balaban J connectivity index is 1.75. The smallest absolute Gasteiger partial charge is 0.410 e. The first kappa shape index (κ1) is 24.5. The van der Waals surface area contributed by atoms with Gasteiger partial charge < -0.3 is 14.4 Å². The van der Waals surface area contributed by atoms with Crippen molar-refractivity contribution in [1.82, 2.24) is 9.21 Å². The monoisotopic (exact) mass is 524 g/mol. The Labute approximate surface area is 198 Å². The SMILES string of the molecule is Cc1cc(C)cc(Oc2cc(Br)cc(S(=O)(=O)N3CCN(C(=O)OC(C)(C)C)CC3)c2)c1. The first-order valence-corrected chi connectivity index (χ1v) is 12.6. The molecule has 0 spiro atoms. The van der Waals surface area contributed by atoms with E-state index in [4.69, 9.17) is 9.47 Å². The van der Waals surface area contributed by atoms with Crippen LogP contribution in [-0.2, 0) is 14.8 Å². The van der Waals surface area contributed by atoms with E-state index in [1.807, 2.05) is 32.0 Å². The van der Waals surface area contributed by atoms with Gasteiger partial charge in [0.2, 0.25) is 10.0 Å². The number of hydrogen-bond acceptors (Lipinski definition) is 5. The van der Waals surface area contributed by atoms with Crippen molar-refractivity contribution in [2.45, 2.75) is 45.1 Å². The first-order valence-electron chi connectivity index (χ1n) is 10.4. The average molecular weight is 525 g/mol. The topological polar surface area (TPSA) is 76.2 Å². The number of sulfonamides is 1. The molecule has 3 rings (SSSR count). The second kappa shape index (κ2) is 9.41. The van der Waals surface area contributed by atoms with Crippen LogP contribution in [0, 0.1) is 13.8 Å². The molecule has 2 aromatic rings. The van der Waals surface area contributed by atoms with E-state index >= 15 is 0 Å². The molecule has 2 aromatic carbocycles. The quantitative estimate of drug-likeness (QED) is 0.555. The van der Waals surface area contributed by atoms with E-state index in [0.29, 0.717) is 16.0 Å². The second-order valence-electron chi connectivity index (χ2n) is 8.92. The van der Waals surface area contributed by atoms with Crippen LogP contribution in [0.15, 0.2) is 45.8 Å². The predicted molar refractivity (Wildman–Crippen MR) is 127 cm³/mol. The lowest BCUT2D eigenvalue weighted by Crippen LogP contribution is -2.51. The highest BCUT2D eigenvalue weighted by Crippen LogP contribution is 2.31. The Morgan fingerprint density at radius 3 is 2.03 bits per heavy atom. The summed E-state index contributed by atoms with van der Waals surface area (Å²) in [6.45, 7) is 10.3. The number of ether oxygens (including phenoxy) is 2. The van der Waals surface area contributed by atoms with Gasteiger partial charge in [0.15, 0.2) is 0 Å². The van der Waals surface area contributed by atoms with Crippen LogP contribution in [0.1, 0.15) is 31.9 Å². The van der Waals surface area contributed by atoms with Crippen molar-refractivity contribution in [2.24, 2.45) is 0 Å². The minimum Gasteiger partial charge on any atom is -0.457 e. The fraction of sp³-hybridized carbons (Fsp3) is 0.435. The highest BCUT2D eigenvalue weighted by molar-refractivity contribution is 9.10. The van der Waals surface area contributed by atoms with Crippen LogP contribution in [-0.4, -0.2) is 55.5 Å². The Hall–Kier alpha value is -2.10. The maximum absolute atomic E-state index is 13.3. The molecule has 0 saturated carbocycles. The Morgan fingerprint density at radius 2 is 1.47 bits per heavy atom. The summed E-state index contributed by atoms with van der Waals surface area (Å²) in [5.74, 6) is 1.07. The number of rotatable bonds is 4. The average Bonchev–Trinajstić information content (AvgIpc) is 2.65. The van der Waals surface area contributed by atoms with Crippen LogP contribution in [0.3, 0.4) is 0 Å². The number of halogens is 1. The van der Waals surface area contributed by atoms with Gasteiger partial charge in [-0.25, -0.2) is 13.2 Å². The van der Waals surface area contributed by atoms with E-state index in [0.717, 1.165) is 11.1 Å². The number of benzene rings is 2. The zero-order valence-corrected chi connectivity index (χ0v) is 21.4. The number of piperazine rings is 1. The van der Waals surface area contributed by atoms with Gasteiger partial charge in [0.05, 0.1) is 4.90 Å². The number of hydrogen-bond donors (Lipinski definition) is 0. The lowest BCUT2D eigenvalue weighted by Gasteiger charge is -2.35. The number of amides is 1. The van der Waals surface area contributed by atoms with Crippen molar-refractivity contribution in [1.29, 1.82) is 0 Å². The van der Waals surface area contributed by atoms with Gasteiger partial charge in [-0.05, 0) is 70.0 Å². The van der Waals surface area contributed by atoms with Crippen LogP contribution in [0.5, 0.6) is 11.5 Å². The zero-order chi connectivity index (χ0) is 23.7. The number of nitrogens with zero attached hydrogens (tertiary/aromatic N) is 2. The van der Waals surface area contributed by atoms with Crippen LogP contribution >= 0.6 is 15.9 Å². The molecule has 1 saturated heterocycles. The van der Waals surface area contributed by atoms with Crippen LogP contribution in [0.2, 0.25) is 0 Å². The molecule has 0 unspecified atom stereocenters. The molecule has 1 aliphatic rings. The molecule has 0 atom stereocenters. The molecule has 1 fully saturated rings. The van der Waals surface area contributed by atoms with E-state index in [1.54, 1.807) is 32.9 Å². The van der Waals surface area contributed by atoms with Gasteiger partial charge in [-0.1, -0.05) is 22.0 Å². The molecule has 174 valence electrons. The van der Waals surface area contributed by atoms with Crippen molar-refractivity contribution in [3.63, 3.8) is 0 Å². The number of aryl methyl sites for hydroxylation is 2. The van der Waals surface area contributed by atoms with Crippen LogP contribution in [0.4, 0.5) is 4.79 Å². The molecule has 0 aliphatic carbocycles. The van der Waals surface area contributed by atoms with Gasteiger partial charge in [0.25, 0.3) is 0 Å². The summed E-state index contributed by atoms with van der Waals surface area (Å²) in [6, 6.07) is 10.7. The largest absolute Gasteiger partial charge is 0.457 e. The maximum atomic E-state index is 13.3. The zero-order valence-electron chi connectivity index (χ0n) is 19.0. The lowest BCUT2D eigenvalue weighted by atomic mass is 10.1. The summed E-state index contributed by atoms with van der Waals surface area (Å²) in [7, 11) is -3.76. The highest BCUT2D eigenvalue weighted by atomic mass is 79.9. The van der Waals surface area contributed by atoms with Gasteiger partial charge in [0.1, 0.15) is 17.1 Å². The van der Waals surface area contributed by atoms with Crippen molar-refractivity contribution in [2.75, 3.05) is 26.2 Å². The van der Waals surface area contributed by atoms with E-state index in [2.05, 4.69) is 15.9 Å². The molecule has 1 aliphatic heterocycles. The number of carbonyl (C=O) groups excluding carboxylic acids is 1. The van der Waals surface area contributed by atoms with Gasteiger partial charge >= 0.3 is 6.09 Å². The van der Waals surface area contributed by atoms with Crippen molar-refractivity contribution in [3.8, 4) is 11.5 Å². The van der Waals surface area contributed by atoms with E-state index in [9.17, 15) is 13.2 Å². The van der Waals surface area contributed by atoms with Gasteiger partial charge in [-0.3, -0.25) is 0 Å². The third-order valence-corrected chi connectivity index (χ3v) is 7.14. The maximum Gasteiger partial charge on any atom is 0.410 e. The first-order chi connectivity index (χ1) is 14.8. The summed E-state index contributed by atoms with van der Waals surface area (Å²) >= 11 is 3.40. The fourth-order valence-electron chi connectivity index (χ4n) is 3.46. The van der Waals surface area contributed by atoms with Crippen LogP contribution in [0.25, 0.3) is 0 Å². The molecular weight excluding hydrogens is 496 g/mol. The minimum absolute atomic E-state index is 0.136. The van der Waals surface area contributed by atoms with E-state index in [1.165, 1.54) is 15.3 Å². The molecule has 1 amide bonds. The summed E-state index contributed by atoms with van der Waals surface area (Å²) in [6.07, 6.45) is -0.430. The van der Waals surface area contributed by atoms with Crippen molar-refractivity contribution >= 4 is 32.0 Å². The third kappa shape index (κ3) is 6.24. The molecular formula is C23H29BrN2O5S. The highest BCUT2D eigenvalue weighted by Gasteiger charge is 2.32. The van der Waals surface area contributed by atoms with Gasteiger partial charge in [-0.2, -0.15) is 4.31 Å². The third-order valence-electron chi connectivity index (χ3n) is 4.80. The number of carbonyl (C=O) groups is 1. The van der Waals surface area contributed by atoms with Gasteiger partial charge in [0, 0.05) is 36.7 Å². The van der Waals surface area contributed by atoms with Crippen molar-refractivity contribution < 1.29 is 22.7 Å². The lowest BCUT2D eigenvalue weighted by molar-refractivity contribution is 0.0192. The molecule has 0 bridgehead atoms. The van der Waals surface area contributed by atoms with Gasteiger partial charge in [-0.15, -0.1) is 0 Å². The molecule has 1 heterocycles. The van der Waals surface area contributed by atoms with E-state index in [-0.39, 0.29) is 31.1 Å². The summed E-state index contributed by atoms with van der Waals surface area (Å²) in [5.41, 5.74) is 1.53. The molecule has 0 radical (unpaired) electrons. The predicted octanol–water partition coefficient (Wildman–Crippen LogP) is 5.10. The molecule has 0 N–H and O–H groups in total. The molecule has 9 heteroatoms. The second-order valence-corrected chi connectivity index (χ2v) is 11.8. The van der Waals surface area contributed by atoms with E-state index < -0.39 is 21.7 Å². The Bertz CT molecular complexity index is 1080. The normalized spacial score (nSPS) is 15.5. The summed E-state index contributed by atoms with van der Waals surface area (Å²) < 4.78 is 39.9. The Morgan fingerprint density at radius 1 is 0.906 bits per heavy atom. The van der Waals surface area contributed by atoms with Crippen LogP contribution < -0.4 is 4.74 Å². The molecule has 7 nitrogen and oxygen atoms in total. The fourth-order valence-corrected chi connectivity index (χ4v) is 5.57. The summed E-state index contributed by atoms with van der Waals surface area (Å²) in [5, 5.41) is 0. The van der Waals surface area contributed by atoms with Crippen molar-refractivity contribution in [3.05, 3.63) is 52.0 Å². The standard InChI is InChI=1S/C23H29BrN2O5S/c1-16-10-17(2)12-19(11-16)30-20-13-18(24)14-21(15-20)32(28,29)26-8-6-25(7-9-26)22(27)31-23(3,4)5/h10-15H,6-9H2,1-5H3. The minimum atomic E-state index is -3.76.